The van der Waals surface area contributed by atoms with Crippen molar-refractivity contribution in [2.75, 3.05) is 6.54 Å². The van der Waals surface area contributed by atoms with Gasteiger partial charge in [0.1, 0.15) is 0 Å². The van der Waals surface area contributed by atoms with Gasteiger partial charge in [0.2, 0.25) is 5.91 Å². The van der Waals surface area contributed by atoms with E-state index in [2.05, 4.69) is 11.6 Å². The zero-order valence-electron chi connectivity index (χ0n) is 7.91. The van der Waals surface area contributed by atoms with Crippen LogP contribution in [0, 0.1) is 0 Å². The average Bonchev–Trinajstić information content (AvgIpc) is 2.27. The summed E-state index contributed by atoms with van der Waals surface area (Å²) in [7, 11) is 0. The SMILES string of the molecule is C=CC(=O)NCC(F)(F)c1cccnc1. The molecule has 5 heteroatoms. The molecule has 1 N–H and O–H groups in total. The van der Waals surface area contributed by atoms with Gasteiger partial charge in [0, 0.05) is 18.0 Å². The average molecular weight is 212 g/mol. The van der Waals surface area contributed by atoms with Crippen molar-refractivity contribution in [3.8, 4) is 0 Å². The maximum atomic E-state index is 13.4. The minimum absolute atomic E-state index is 0.227. The van der Waals surface area contributed by atoms with Crippen molar-refractivity contribution < 1.29 is 13.6 Å². The van der Waals surface area contributed by atoms with Crippen LogP contribution in [0.4, 0.5) is 8.78 Å². The van der Waals surface area contributed by atoms with Crippen molar-refractivity contribution in [1.82, 2.24) is 10.3 Å². The first kappa shape index (κ1) is 11.3. The fourth-order valence-corrected chi connectivity index (χ4v) is 0.951. The van der Waals surface area contributed by atoms with Gasteiger partial charge in [-0.25, -0.2) is 0 Å². The van der Waals surface area contributed by atoms with Gasteiger partial charge in [0.25, 0.3) is 5.92 Å². The Morgan fingerprint density at radius 2 is 2.40 bits per heavy atom. The standard InChI is InChI=1S/C10H10F2N2O/c1-2-9(15)14-7-10(11,12)8-4-3-5-13-6-8/h2-6H,1,7H2,(H,14,15). The minimum atomic E-state index is -3.12. The van der Waals surface area contributed by atoms with E-state index in [1.54, 1.807) is 0 Å². The maximum absolute atomic E-state index is 13.4. The first-order valence-electron chi connectivity index (χ1n) is 4.25. The summed E-state index contributed by atoms with van der Waals surface area (Å²) in [6, 6.07) is 2.67. The molecule has 0 saturated carbocycles. The van der Waals surface area contributed by atoms with E-state index in [4.69, 9.17) is 0 Å². The van der Waals surface area contributed by atoms with E-state index in [-0.39, 0.29) is 5.56 Å². The first-order chi connectivity index (χ1) is 7.06. The summed E-state index contributed by atoms with van der Waals surface area (Å²) >= 11 is 0. The third kappa shape index (κ3) is 3.12. The summed E-state index contributed by atoms with van der Waals surface area (Å²) in [5, 5.41) is 2.04. The topological polar surface area (TPSA) is 42.0 Å². The molecule has 1 rings (SSSR count). The summed E-state index contributed by atoms with van der Waals surface area (Å²) in [5.74, 6) is -3.74. The molecule has 1 heterocycles. The molecule has 0 saturated heterocycles. The molecule has 0 fully saturated rings. The Bertz CT molecular complexity index is 352. The van der Waals surface area contributed by atoms with Gasteiger partial charge < -0.3 is 5.32 Å². The highest BCUT2D eigenvalue weighted by atomic mass is 19.3. The number of halogens is 2. The normalized spacial score (nSPS) is 10.8. The molecule has 1 aromatic heterocycles. The third-order valence-electron chi connectivity index (χ3n) is 1.75. The highest BCUT2D eigenvalue weighted by molar-refractivity contribution is 5.86. The molecule has 3 nitrogen and oxygen atoms in total. The van der Waals surface area contributed by atoms with Crippen LogP contribution in [0.3, 0.4) is 0 Å². The molecule has 0 unspecified atom stereocenters. The van der Waals surface area contributed by atoms with E-state index in [1.165, 1.54) is 18.3 Å². The minimum Gasteiger partial charge on any atom is -0.346 e. The van der Waals surface area contributed by atoms with Crippen LogP contribution in [0.2, 0.25) is 0 Å². The van der Waals surface area contributed by atoms with Gasteiger partial charge in [-0.1, -0.05) is 6.58 Å². The highest BCUT2D eigenvalue weighted by Gasteiger charge is 2.31. The fraction of sp³-hybridized carbons (Fsp3) is 0.200. The van der Waals surface area contributed by atoms with Crippen LogP contribution in [-0.4, -0.2) is 17.4 Å². The van der Waals surface area contributed by atoms with Crippen LogP contribution >= 0.6 is 0 Å². The van der Waals surface area contributed by atoms with Gasteiger partial charge in [0.05, 0.1) is 6.54 Å². The number of aromatic nitrogens is 1. The summed E-state index contributed by atoms with van der Waals surface area (Å²) in [4.78, 5) is 14.3. The molecule has 0 bridgehead atoms. The molecule has 15 heavy (non-hydrogen) atoms. The number of hydrogen-bond acceptors (Lipinski definition) is 2. The number of alkyl halides is 2. The van der Waals surface area contributed by atoms with Crippen LogP contribution < -0.4 is 5.32 Å². The number of pyridine rings is 1. The van der Waals surface area contributed by atoms with Crippen molar-refractivity contribution in [2.45, 2.75) is 5.92 Å². The number of nitrogens with one attached hydrogen (secondary N) is 1. The molecule has 0 aromatic carbocycles. The molecule has 0 spiro atoms. The van der Waals surface area contributed by atoms with Crippen molar-refractivity contribution in [1.29, 1.82) is 0 Å². The lowest BCUT2D eigenvalue weighted by molar-refractivity contribution is -0.118. The summed E-state index contributed by atoms with van der Waals surface area (Å²) in [6.07, 6.45) is 3.42. The van der Waals surface area contributed by atoms with E-state index in [0.717, 1.165) is 12.3 Å². The summed E-state index contributed by atoms with van der Waals surface area (Å²) < 4.78 is 26.7. The number of amides is 1. The second-order valence-corrected chi connectivity index (χ2v) is 2.87. The molecule has 0 aliphatic rings. The smallest absolute Gasteiger partial charge is 0.291 e. The van der Waals surface area contributed by atoms with Crippen LogP contribution in [0.1, 0.15) is 5.56 Å². The van der Waals surface area contributed by atoms with Gasteiger partial charge in [-0.3, -0.25) is 9.78 Å². The number of carbonyl (C=O) groups excluding carboxylic acids is 1. The number of hydrogen-bond donors (Lipinski definition) is 1. The van der Waals surface area contributed by atoms with Crippen molar-refractivity contribution in [3.05, 3.63) is 42.7 Å². The molecular weight excluding hydrogens is 202 g/mol. The molecule has 0 aliphatic carbocycles. The van der Waals surface area contributed by atoms with Gasteiger partial charge >= 0.3 is 0 Å². The van der Waals surface area contributed by atoms with Crippen LogP contribution in [-0.2, 0) is 10.7 Å². The lowest BCUT2D eigenvalue weighted by Crippen LogP contribution is -2.33. The third-order valence-corrected chi connectivity index (χ3v) is 1.75. The molecule has 0 aliphatic heterocycles. The molecule has 0 radical (unpaired) electrons. The van der Waals surface area contributed by atoms with Crippen molar-refractivity contribution in [2.24, 2.45) is 0 Å². The number of carbonyl (C=O) groups is 1. The Morgan fingerprint density at radius 1 is 1.67 bits per heavy atom. The largest absolute Gasteiger partial charge is 0.346 e. The monoisotopic (exact) mass is 212 g/mol. The van der Waals surface area contributed by atoms with E-state index in [9.17, 15) is 13.6 Å². The molecule has 0 atom stereocenters. The molecule has 1 amide bonds. The lowest BCUT2D eigenvalue weighted by atomic mass is 10.1. The van der Waals surface area contributed by atoms with Gasteiger partial charge in [-0.2, -0.15) is 8.78 Å². The van der Waals surface area contributed by atoms with Crippen LogP contribution in [0.25, 0.3) is 0 Å². The lowest BCUT2D eigenvalue weighted by Gasteiger charge is -2.16. The summed E-state index contributed by atoms with van der Waals surface area (Å²) in [6.45, 7) is 2.40. The quantitative estimate of drug-likeness (QED) is 0.768. The fourth-order valence-electron chi connectivity index (χ4n) is 0.951. The predicted octanol–water partition coefficient (Wildman–Crippen LogP) is 1.48. The molecular formula is C10H10F2N2O. The number of nitrogens with zero attached hydrogens (tertiary/aromatic N) is 1. The Hall–Kier alpha value is -1.78. The summed E-state index contributed by atoms with van der Waals surface area (Å²) in [5.41, 5.74) is -0.227. The molecule has 80 valence electrons. The van der Waals surface area contributed by atoms with Crippen molar-refractivity contribution in [3.63, 3.8) is 0 Å². The Balaban J connectivity index is 2.67. The Morgan fingerprint density at radius 3 is 2.93 bits per heavy atom. The van der Waals surface area contributed by atoms with Crippen LogP contribution in [0.15, 0.2) is 37.2 Å². The zero-order valence-corrected chi connectivity index (χ0v) is 7.91. The van der Waals surface area contributed by atoms with Crippen molar-refractivity contribution >= 4 is 5.91 Å². The van der Waals surface area contributed by atoms with E-state index < -0.39 is 18.4 Å². The van der Waals surface area contributed by atoms with Gasteiger partial charge in [-0.05, 0) is 18.2 Å². The van der Waals surface area contributed by atoms with Crippen LogP contribution in [0.5, 0.6) is 0 Å². The highest BCUT2D eigenvalue weighted by Crippen LogP contribution is 2.25. The zero-order chi connectivity index (χ0) is 11.3. The van der Waals surface area contributed by atoms with Gasteiger partial charge in [0.15, 0.2) is 0 Å². The Labute approximate surface area is 85.8 Å². The first-order valence-corrected chi connectivity index (χ1v) is 4.25. The Kier molecular flexibility index (Phi) is 3.49. The maximum Gasteiger partial charge on any atom is 0.291 e. The van der Waals surface area contributed by atoms with Gasteiger partial charge in [-0.15, -0.1) is 0 Å². The second kappa shape index (κ2) is 4.63. The van der Waals surface area contributed by atoms with E-state index in [1.807, 2.05) is 5.32 Å². The van der Waals surface area contributed by atoms with E-state index >= 15 is 0 Å². The number of rotatable bonds is 4. The van der Waals surface area contributed by atoms with E-state index in [0.29, 0.717) is 0 Å². The molecule has 1 aromatic rings. The predicted molar refractivity (Wildman–Crippen MR) is 51.3 cm³/mol. The second-order valence-electron chi connectivity index (χ2n) is 2.87.